The minimum Gasteiger partial charge on any atom is -0.342 e. The Morgan fingerprint density at radius 1 is 1.39 bits per heavy atom. The molecular weight excluding hydrogens is 236 g/mol. The summed E-state index contributed by atoms with van der Waals surface area (Å²) in [5.41, 5.74) is 6.52. The Labute approximate surface area is 104 Å². The summed E-state index contributed by atoms with van der Waals surface area (Å²) in [7, 11) is 0. The van der Waals surface area contributed by atoms with E-state index in [2.05, 4.69) is 9.97 Å². The summed E-state index contributed by atoms with van der Waals surface area (Å²) >= 11 is 0. The van der Waals surface area contributed by atoms with Gasteiger partial charge in [0, 0.05) is 24.1 Å². The van der Waals surface area contributed by atoms with Crippen LogP contribution in [0, 0.1) is 11.6 Å². The second kappa shape index (κ2) is 5.27. The quantitative estimate of drug-likeness (QED) is 0.877. The van der Waals surface area contributed by atoms with Crippen LogP contribution in [-0.2, 0) is 6.42 Å². The molecule has 1 aromatic carbocycles. The van der Waals surface area contributed by atoms with Gasteiger partial charge >= 0.3 is 0 Å². The van der Waals surface area contributed by atoms with Crippen LogP contribution in [0.5, 0.6) is 0 Å². The largest absolute Gasteiger partial charge is 0.342 e. The molecule has 2 rings (SSSR count). The van der Waals surface area contributed by atoms with E-state index in [9.17, 15) is 8.78 Å². The lowest BCUT2D eigenvalue weighted by molar-refractivity contribution is 0.585. The fraction of sp³-hybridized carbons (Fsp3) is 0.308. The zero-order valence-corrected chi connectivity index (χ0v) is 10.1. The number of hydrogen-bond donors (Lipinski definition) is 2. The van der Waals surface area contributed by atoms with Gasteiger partial charge in [0.05, 0.1) is 11.9 Å². The van der Waals surface area contributed by atoms with Gasteiger partial charge in [-0.3, -0.25) is 0 Å². The summed E-state index contributed by atoms with van der Waals surface area (Å²) in [6, 6.07) is 3.58. The maximum atomic E-state index is 13.6. The topological polar surface area (TPSA) is 54.7 Å². The van der Waals surface area contributed by atoms with E-state index in [0.29, 0.717) is 17.7 Å². The van der Waals surface area contributed by atoms with E-state index in [1.807, 2.05) is 6.92 Å². The first-order valence-corrected chi connectivity index (χ1v) is 5.81. The van der Waals surface area contributed by atoms with Crippen molar-refractivity contribution in [3.63, 3.8) is 0 Å². The van der Waals surface area contributed by atoms with Crippen LogP contribution >= 0.6 is 0 Å². The molecular formula is C13H15F2N3. The number of aryl methyl sites for hydroxylation is 1. The molecule has 96 valence electrons. The number of halogens is 2. The molecule has 0 saturated carbocycles. The summed E-state index contributed by atoms with van der Waals surface area (Å²) in [6.45, 7) is 1.92. The third kappa shape index (κ3) is 2.92. The summed E-state index contributed by atoms with van der Waals surface area (Å²) in [5.74, 6) is -0.434. The van der Waals surface area contributed by atoms with E-state index in [4.69, 9.17) is 5.73 Å². The maximum absolute atomic E-state index is 13.6. The molecule has 2 aromatic rings. The Morgan fingerprint density at radius 2 is 2.17 bits per heavy atom. The smallest absolute Gasteiger partial charge is 0.135 e. The number of benzene rings is 1. The Hall–Kier alpha value is -1.75. The molecule has 0 aliphatic heterocycles. The van der Waals surface area contributed by atoms with E-state index in [1.165, 1.54) is 12.1 Å². The van der Waals surface area contributed by atoms with Crippen LogP contribution in [0.1, 0.15) is 19.2 Å². The van der Waals surface area contributed by atoms with Crippen molar-refractivity contribution in [3.05, 3.63) is 41.9 Å². The highest BCUT2D eigenvalue weighted by molar-refractivity contribution is 5.59. The lowest BCUT2D eigenvalue weighted by atomic mass is 10.1. The van der Waals surface area contributed by atoms with Gasteiger partial charge in [0.1, 0.15) is 17.5 Å². The molecule has 0 saturated heterocycles. The third-order valence-electron chi connectivity index (χ3n) is 2.69. The standard InChI is InChI=1S/C13H15F2N3/c1-8(16)2-5-13-17-7-12(18-13)10-4-3-9(14)6-11(10)15/h3-4,6-8H,2,5,16H2,1H3,(H,17,18). The van der Waals surface area contributed by atoms with E-state index in [1.54, 1.807) is 6.20 Å². The molecule has 0 fully saturated rings. The van der Waals surface area contributed by atoms with E-state index in [0.717, 1.165) is 18.3 Å². The van der Waals surface area contributed by atoms with E-state index in [-0.39, 0.29) is 6.04 Å². The highest BCUT2D eigenvalue weighted by atomic mass is 19.1. The molecule has 0 spiro atoms. The van der Waals surface area contributed by atoms with Crippen LogP contribution in [0.25, 0.3) is 11.3 Å². The molecule has 5 heteroatoms. The molecule has 1 atom stereocenters. The fourth-order valence-electron chi connectivity index (χ4n) is 1.70. The van der Waals surface area contributed by atoms with Crippen molar-refractivity contribution in [2.24, 2.45) is 5.73 Å². The summed E-state index contributed by atoms with van der Waals surface area (Å²) in [5, 5.41) is 0. The molecule has 3 N–H and O–H groups in total. The van der Waals surface area contributed by atoms with Crippen molar-refractivity contribution in [1.29, 1.82) is 0 Å². The summed E-state index contributed by atoms with van der Waals surface area (Å²) in [6.07, 6.45) is 3.06. The average Bonchev–Trinajstić information content (AvgIpc) is 2.75. The molecule has 0 aliphatic carbocycles. The van der Waals surface area contributed by atoms with Crippen LogP contribution in [-0.4, -0.2) is 16.0 Å². The first-order valence-electron chi connectivity index (χ1n) is 5.81. The molecule has 3 nitrogen and oxygen atoms in total. The second-order valence-electron chi connectivity index (χ2n) is 4.38. The molecule has 0 amide bonds. The van der Waals surface area contributed by atoms with Crippen molar-refractivity contribution in [2.45, 2.75) is 25.8 Å². The van der Waals surface area contributed by atoms with Gasteiger partial charge in [0.15, 0.2) is 0 Å². The highest BCUT2D eigenvalue weighted by Crippen LogP contribution is 2.21. The monoisotopic (exact) mass is 251 g/mol. The van der Waals surface area contributed by atoms with Gasteiger partial charge < -0.3 is 10.7 Å². The molecule has 0 aliphatic rings. The van der Waals surface area contributed by atoms with Crippen molar-refractivity contribution in [2.75, 3.05) is 0 Å². The highest BCUT2D eigenvalue weighted by Gasteiger charge is 2.09. The number of imidazole rings is 1. The van der Waals surface area contributed by atoms with Gasteiger partial charge in [0.2, 0.25) is 0 Å². The molecule has 1 aromatic heterocycles. The number of aromatic nitrogens is 2. The predicted molar refractivity (Wildman–Crippen MR) is 65.9 cm³/mol. The zero-order valence-electron chi connectivity index (χ0n) is 10.1. The first-order chi connectivity index (χ1) is 8.56. The summed E-state index contributed by atoms with van der Waals surface area (Å²) < 4.78 is 26.4. The maximum Gasteiger partial charge on any atom is 0.135 e. The number of aromatic amines is 1. The van der Waals surface area contributed by atoms with Crippen molar-refractivity contribution in [3.8, 4) is 11.3 Å². The fourth-order valence-corrected chi connectivity index (χ4v) is 1.70. The predicted octanol–water partition coefficient (Wildman–Crippen LogP) is 2.63. The Morgan fingerprint density at radius 3 is 2.83 bits per heavy atom. The van der Waals surface area contributed by atoms with E-state index >= 15 is 0 Å². The number of nitrogens with zero attached hydrogens (tertiary/aromatic N) is 1. The van der Waals surface area contributed by atoms with Crippen LogP contribution in [0.15, 0.2) is 24.4 Å². The number of nitrogens with two attached hydrogens (primary N) is 1. The lowest BCUT2D eigenvalue weighted by Crippen LogP contribution is -2.15. The molecule has 1 heterocycles. The zero-order chi connectivity index (χ0) is 13.1. The average molecular weight is 251 g/mol. The van der Waals surface area contributed by atoms with Crippen molar-refractivity contribution >= 4 is 0 Å². The van der Waals surface area contributed by atoms with Gasteiger partial charge in [-0.1, -0.05) is 0 Å². The Balaban J connectivity index is 2.18. The van der Waals surface area contributed by atoms with Gasteiger partial charge in [-0.25, -0.2) is 13.8 Å². The van der Waals surface area contributed by atoms with Gasteiger partial charge in [-0.05, 0) is 25.5 Å². The van der Waals surface area contributed by atoms with Gasteiger partial charge in [-0.2, -0.15) is 0 Å². The van der Waals surface area contributed by atoms with Gasteiger partial charge in [0.25, 0.3) is 0 Å². The van der Waals surface area contributed by atoms with Crippen LogP contribution in [0.3, 0.4) is 0 Å². The van der Waals surface area contributed by atoms with E-state index < -0.39 is 11.6 Å². The minimum absolute atomic E-state index is 0.0982. The minimum atomic E-state index is -0.600. The first kappa shape index (κ1) is 12.7. The number of hydrogen-bond acceptors (Lipinski definition) is 2. The van der Waals surface area contributed by atoms with Crippen LogP contribution < -0.4 is 5.73 Å². The van der Waals surface area contributed by atoms with Gasteiger partial charge in [-0.15, -0.1) is 0 Å². The third-order valence-corrected chi connectivity index (χ3v) is 2.69. The second-order valence-corrected chi connectivity index (χ2v) is 4.38. The van der Waals surface area contributed by atoms with Crippen molar-refractivity contribution in [1.82, 2.24) is 9.97 Å². The van der Waals surface area contributed by atoms with Crippen molar-refractivity contribution < 1.29 is 8.78 Å². The Kier molecular flexibility index (Phi) is 3.72. The summed E-state index contributed by atoms with van der Waals surface area (Å²) in [4.78, 5) is 7.17. The molecule has 18 heavy (non-hydrogen) atoms. The van der Waals surface area contributed by atoms with Crippen LogP contribution in [0.4, 0.5) is 8.78 Å². The molecule has 0 radical (unpaired) electrons. The number of nitrogens with one attached hydrogen (secondary N) is 1. The molecule has 1 unspecified atom stereocenters. The van der Waals surface area contributed by atoms with Crippen LogP contribution in [0.2, 0.25) is 0 Å². The SMILES string of the molecule is CC(N)CCc1ncc(-c2ccc(F)cc2F)[nH]1. The number of H-pyrrole nitrogens is 1. The lowest BCUT2D eigenvalue weighted by Gasteiger charge is -2.02. The number of rotatable bonds is 4. The normalized spacial score (nSPS) is 12.7. The molecule has 0 bridgehead atoms. The Bertz CT molecular complexity index is 535.